The van der Waals surface area contributed by atoms with Crippen molar-refractivity contribution in [2.24, 2.45) is 5.73 Å². The Bertz CT molecular complexity index is 321. The number of amides is 1. The molecule has 0 saturated heterocycles. The van der Waals surface area contributed by atoms with Gasteiger partial charge in [-0.05, 0) is 25.5 Å². The molecular formula is C10H18N4O. The van der Waals surface area contributed by atoms with E-state index in [1.165, 1.54) is 0 Å². The van der Waals surface area contributed by atoms with Crippen LogP contribution in [0.3, 0.4) is 0 Å². The number of nitrogens with two attached hydrogens (primary N) is 1. The van der Waals surface area contributed by atoms with E-state index in [0.717, 1.165) is 12.0 Å². The maximum Gasteiger partial charge on any atom is 0.244 e. The van der Waals surface area contributed by atoms with Gasteiger partial charge in [-0.15, -0.1) is 0 Å². The van der Waals surface area contributed by atoms with Crippen molar-refractivity contribution in [3.63, 3.8) is 0 Å². The van der Waals surface area contributed by atoms with Crippen LogP contribution < -0.4 is 5.73 Å². The zero-order valence-corrected chi connectivity index (χ0v) is 9.31. The molecule has 0 aromatic carbocycles. The number of hydrogen-bond donors (Lipinski definition) is 1. The van der Waals surface area contributed by atoms with Gasteiger partial charge in [0.25, 0.3) is 0 Å². The van der Waals surface area contributed by atoms with Gasteiger partial charge in [0.1, 0.15) is 6.54 Å². The molecule has 0 saturated carbocycles. The third-order valence-corrected chi connectivity index (χ3v) is 2.18. The van der Waals surface area contributed by atoms with Crippen molar-refractivity contribution in [2.75, 3.05) is 20.1 Å². The third kappa shape index (κ3) is 3.71. The minimum absolute atomic E-state index is 0.0616. The molecule has 1 aromatic heterocycles. The fraction of sp³-hybridized carbons (Fsp3) is 0.600. The van der Waals surface area contributed by atoms with E-state index in [9.17, 15) is 4.79 Å². The zero-order valence-electron chi connectivity index (χ0n) is 9.31. The standard InChI is InChI=1S/C10H18N4O/c1-9-6-12-14(7-9)8-10(15)13(2)5-3-4-11/h6-7H,3-5,8,11H2,1-2H3. The molecule has 0 aliphatic carbocycles. The molecule has 0 atom stereocenters. The average molecular weight is 210 g/mol. The minimum atomic E-state index is 0.0616. The predicted molar refractivity (Wildman–Crippen MR) is 58.3 cm³/mol. The van der Waals surface area contributed by atoms with Crippen molar-refractivity contribution in [3.8, 4) is 0 Å². The number of aromatic nitrogens is 2. The normalized spacial score (nSPS) is 10.3. The lowest BCUT2D eigenvalue weighted by Gasteiger charge is -2.16. The first-order chi connectivity index (χ1) is 7.13. The Morgan fingerprint density at radius 3 is 2.93 bits per heavy atom. The van der Waals surface area contributed by atoms with Crippen LogP contribution in [0.5, 0.6) is 0 Å². The summed E-state index contributed by atoms with van der Waals surface area (Å²) in [5, 5.41) is 4.06. The zero-order chi connectivity index (χ0) is 11.3. The van der Waals surface area contributed by atoms with Crippen molar-refractivity contribution < 1.29 is 4.79 Å². The summed E-state index contributed by atoms with van der Waals surface area (Å²) in [4.78, 5) is 13.3. The number of hydrogen-bond acceptors (Lipinski definition) is 3. The topological polar surface area (TPSA) is 64.2 Å². The minimum Gasteiger partial charge on any atom is -0.344 e. The summed E-state index contributed by atoms with van der Waals surface area (Å²) in [5.41, 5.74) is 6.44. The second-order valence-electron chi connectivity index (χ2n) is 3.67. The van der Waals surface area contributed by atoms with Crippen LogP contribution >= 0.6 is 0 Å². The van der Waals surface area contributed by atoms with Gasteiger partial charge in [0, 0.05) is 19.8 Å². The van der Waals surface area contributed by atoms with Crippen LogP contribution in [0.4, 0.5) is 0 Å². The van der Waals surface area contributed by atoms with Crippen LogP contribution in [0.1, 0.15) is 12.0 Å². The van der Waals surface area contributed by atoms with Crippen LogP contribution in [0.2, 0.25) is 0 Å². The first kappa shape index (κ1) is 11.7. The number of likely N-dealkylation sites (N-methyl/N-ethyl adjacent to an activating group) is 1. The van der Waals surface area contributed by atoms with Gasteiger partial charge in [-0.3, -0.25) is 9.48 Å². The molecule has 2 N–H and O–H groups in total. The Kier molecular flexibility index (Phi) is 4.30. The molecule has 0 fully saturated rings. The second-order valence-corrected chi connectivity index (χ2v) is 3.67. The first-order valence-corrected chi connectivity index (χ1v) is 5.06. The van der Waals surface area contributed by atoms with Crippen LogP contribution in [0.25, 0.3) is 0 Å². The smallest absolute Gasteiger partial charge is 0.244 e. The number of nitrogens with zero attached hydrogens (tertiary/aromatic N) is 3. The molecule has 5 heteroatoms. The highest BCUT2D eigenvalue weighted by Crippen LogP contribution is 1.96. The van der Waals surface area contributed by atoms with Gasteiger partial charge < -0.3 is 10.6 Å². The Labute approximate surface area is 89.9 Å². The van der Waals surface area contributed by atoms with E-state index in [1.54, 1.807) is 22.8 Å². The summed E-state index contributed by atoms with van der Waals surface area (Å²) < 4.78 is 1.65. The van der Waals surface area contributed by atoms with E-state index >= 15 is 0 Å². The lowest BCUT2D eigenvalue weighted by Crippen LogP contribution is -2.32. The maximum absolute atomic E-state index is 11.7. The molecular weight excluding hydrogens is 192 g/mol. The summed E-state index contributed by atoms with van der Waals surface area (Å²) in [5.74, 6) is 0.0616. The van der Waals surface area contributed by atoms with Gasteiger partial charge in [-0.2, -0.15) is 5.10 Å². The van der Waals surface area contributed by atoms with Gasteiger partial charge in [-0.25, -0.2) is 0 Å². The summed E-state index contributed by atoms with van der Waals surface area (Å²) in [6.07, 6.45) is 4.43. The average Bonchev–Trinajstić information content (AvgIpc) is 2.60. The summed E-state index contributed by atoms with van der Waals surface area (Å²) in [7, 11) is 1.79. The molecule has 0 aliphatic heterocycles. The molecule has 1 rings (SSSR count). The molecule has 5 nitrogen and oxygen atoms in total. The Morgan fingerprint density at radius 2 is 2.40 bits per heavy atom. The molecule has 1 heterocycles. The van der Waals surface area contributed by atoms with Crippen LogP contribution in [0.15, 0.2) is 12.4 Å². The molecule has 84 valence electrons. The van der Waals surface area contributed by atoms with Crippen molar-refractivity contribution in [2.45, 2.75) is 19.9 Å². The van der Waals surface area contributed by atoms with Gasteiger partial charge in [0.15, 0.2) is 0 Å². The van der Waals surface area contributed by atoms with Crippen molar-refractivity contribution in [1.29, 1.82) is 0 Å². The van der Waals surface area contributed by atoms with E-state index in [-0.39, 0.29) is 5.91 Å². The van der Waals surface area contributed by atoms with Crippen LogP contribution in [0, 0.1) is 6.92 Å². The maximum atomic E-state index is 11.7. The Balaban J connectivity index is 2.41. The molecule has 15 heavy (non-hydrogen) atoms. The number of aryl methyl sites for hydroxylation is 1. The highest BCUT2D eigenvalue weighted by Gasteiger charge is 2.08. The lowest BCUT2D eigenvalue weighted by molar-refractivity contribution is -0.130. The van der Waals surface area contributed by atoms with Crippen molar-refractivity contribution in [1.82, 2.24) is 14.7 Å². The van der Waals surface area contributed by atoms with Crippen molar-refractivity contribution in [3.05, 3.63) is 18.0 Å². The Hall–Kier alpha value is -1.36. The third-order valence-electron chi connectivity index (χ3n) is 2.18. The first-order valence-electron chi connectivity index (χ1n) is 5.06. The highest BCUT2D eigenvalue weighted by molar-refractivity contribution is 5.75. The van der Waals surface area contributed by atoms with Crippen LogP contribution in [-0.2, 0) is 11.3 Å². The predicted octanol–water partition coefficient (Wildman–Crippen LogP) is -0.00128. The van der Waals surface area contributed by atoms with E-state index < -0.39 is 0 Å². The van der Waals surface area contributed by atoms with Gasteiger partial charge >= 0.3 is 0 Å². The summed E-state index contributed by atoms with van der Waals surface area (Å²) in [6.45, 7) is 3.56. The number of carbonyl (C=O) groups is 1. The monoisotopic (exact) mass is 210 g/mol. The van der Waals surface area contributed by atoms with Gasteiger partial charge in [0.05, 0.1) is 6.20 Å². The van der Waals surface area contributed by atoms with E-state index in [2.05, 4.69) is 5.10 Å². The SMILES string of the molecule is Cc1cnn(CC(=O)N(C)CCCN)c1. The lowest BCUT2D eigenvalue weighted by atomic mass is 10.4. The molecule has 1 amide bonds. The largest absolute Gasteiger partial charge is 0.344 e. The summed E-state index contributed by atoms with van der Waals surface area (Å²) >= 11 is 0. The van der Waals surface area contributed by atoms with Crippen molar-refractivity contribution >= 4 is 5.91 Å². The molecule has 0 unspecified atom stereocenters. The van der Waals surface area contributed by atoms with E-state index in [4.69, 9.17) is 5.73 Å². The van der Waals surface area contributed by atoms with Gasteiger partial charge in [-0.1, -0.05) is 0 Å². The molecule has 0 aliphatic rings. The quantitative estimate of drug-likeness (QED) is 0.744. The summed E-state index contributed by atoms with van der Waals surface area (Å²) in [6, 6.07) is 0. The second kappa shape index (κ2) is 5.50. The highest BCUT2D eigenvalue weighted by atomic mass is 16.2. The van der Waals surface area contributed by atoms with E-state index in [0.29, 0.717) is 19.6 Å². The fourth-order valence-corrected chi connectivity index (χ4v) is 1.27. The number of carbonyl (C=O) groups excluding carboxylic acids is 1. The number of rotatable bonds is 5. The Morgan fingerprint density at radius 1 is 1.67 bits per heavy atom. The molecule has 0 bridgehead atoms. The van der Waals surface area contributed by atoms with Gasteiger partial charge in [0.2, 0.25) is 5.91 Å². The molecule has 0 radical (unpaired) electrons. The van der Waals surface area contributed by atoms with Crippen LogP contribution in [-0.4, -0.2) is 40.7 Å². The van der Waals surface area contributed by atoms with E-state index in [1.807, 2.05) is 13.1 Å². The molecule has 0 spiro atoms. The fourth-order valence-electron chi connectivity index (χ4n) is 1.27. The molecule has 1 aromatic rings.